The first kappa shape index (κ1) is 19.7. The van der Waals surface area contributed by atoms with Crippen molar-refractivity contribution in [2.75, 3.05) is 4.72 Å². The Morgan fingerprint density at radius 1 is 0.929 bits per heavy atom. The third-order valence-electron chi connectivity index (χ3n) is 3.87. The second-order valence-electron chi connectivity index (χ2n) is 5.90. The number of sulfonamides is 1. The molecule has 2 N–H and O–H groups in total. The van der Waals surface area contributed by atoms with Gasteiger partial charge in [0.2, 0.25) is 0 Å². The minimum atomic E-state index is -3.83. The van der Waals surface area contributed by atoms with E-state index >= 15 is 0 Å². The first-order valence-corrected chi connectivity index (χ1v) is 10.1. The van der Waals surface area contributed by atoms with Crippen molar-refractivity contribution in [3.63, 3.8) is 0 Å². The van der Waals surface area contributed by atoms with Crippen LogP contribution in [-0.4, -0.2) is 19.3 Å². The van der Waals surface area contributed by atoms with Crippen molar-refractivity contribution in [3.05, 3.63) is 95.0 Å². The number of benzene rings is 3. The van der Waals surface area contributed by atoms with Gasteiger partial charge in [-0.25, -0.2) is 8.42 Å². The third-order valence-corrected chi connectivity index (χ3v) is 5.75. The van der Waals surface area contributed by atoms with Gasteiger partial charge in [-0.1, -0.05) is 41.9 Å². The van der Waals surface area contributed by atoms with Crippen LogP contribution < -0.4 is 4.72 Å². The lowest BCUT2D eigenvalue weighted by Crippen LogP contribution is -2.13. The van der Waals surface area contributed by atoms with Crippen LogP contribution >= 0.6 is 11.6 Å². The number of aromatic hydroxyl groups is 1. The molecule has 0 unspecified atom stereocenters. The highest BCUT2D eigenvalue weighted by Gasteiger charge is 2.17. The Kier molecular flexibility index (Phi) is 5.82. The van der Waals surface area contributed by atoms with Crippen molar-refractivity contribution in [2.45, 2.75) is 4.90 Å². The summed E-state index contributed by atoms with van der Waals surface area (Å²) in [4.78, 5) is 12.2. The van der Waals surface area contributed by atoms with E-state index in [1.54, 1.807) is 30.3 Å². The van der Waals surface area contributed by atoms with E-state index in [9.17, 15) is 18.3 Å². The summed E-state index contributed by atoms with van der Waals surface area (Å²) in [6, 6.07) is 18.7. The Balaban J connectivity index is 1.72. The number of carbonyl (C=O) groups excluding carboxylic acids is 1. The van der Waals surface area contributed by atoms with Gasteiger partial charge in [0.15, 0.2) is 5.78 Å². The van der Waals surface area contributed by atoms with Gasteiger partial charge in [0.1, 0.15) is 10.6 Å². The van der Waals surface area contributed by atoms with Gasteiger partial charge in [-0.15, -0.1) is 0 Å². The molecule has 7 heteroatoms. The molecule has 0 heterocycles. The molecule has 0 atom stereocenters. The number of carbonyl (C=O) groups is 1. The number of phenolic OH excluding ortho intramolecular Hbond substituents is 1. The van der Waals surface area contributed by atoms with Crippen molar-refractivity contribution in [3.8, 4) is 5.75 Å². The van der Waals surface area contributed by atoms with E-state index in [4.69, 9.17) is 11.6 Å². The number of rotatable bonds is 6. The highest BCUT2D eigenvalue weighted by molar-refractivity contribution is 7.92. The molecule has 28 heavy (non-hydrogen) atoms. The average molecular weight is 414 g/mol. The lowest BCUT2D eigenvalue weighted by atomic mass is 10.1. The molecular weight excluding hydrogens is 398 g/mol. The summed E-state index contributed by atoms with van der Waals surface area (Å²) < 4.78 is 27.3. The van der Waals surface area contributed by atoms with E-state index in [1.165, 1.54) is 54.6 Å². The molecule has 0 saturated carbocycles. The minimum Gasteiger partial charge on any atom is -0.508 e. The number of hydrogen-bond donors (Lipinski definition) is 2. The molecule has 0 amide bonds. The second-order valence-corrected chi connectivity index (χ2v) is 7.96. The smallest absolute Gasteiger partial charge is 0.263 e. The van der Waals surface area contributed by atoms with Gasteiger partial charge < -0.3 is 5.11 Å². The molecular formula is C21H16ClNO4S. The van der Waals surface area contributed by atoms with Crippen molar-refractivity contribution in [1.82, 2.24) is 0 Å². The van der Waals surface area contributed by atoms with Gasteiger partial charge in [-0.3, -0.25) is 9.52 Å². The average Bonchev–Trinajstić information content (AvgIpc) is 2.68. The molecule has 3 rings (SSSR count). The molecule has 5 nitrogen and oxygen atoms in total. The van der Waals surface area contributed by atoms with Gasteiger partial charge in [0, 0.05) is 11.3 Å². The van der Waals surface area contributed by atoms with Crippen LogP contribution in [-0.2, 0) is 10.0 Å². The zero-order chi connectivity index (χ0) is 20.1. The summed E-state index contributed by atoms with van der Waals surface area (Å²) >= 11 is 5.95. The van der Waals surface area contributed by atoms with Crippen LogP contribution in [0.15, 0.2) is 83.8 Å². The normalized spacial score (nSPS) is 11.5. The largest absolute Gasteiger partial charge is 0.508 e. The van der Waals surface area contributed by atoms with Gasteiger partial charge in [-0.2, -0.15) is 0 Å². The fourth-order valence-electron chi connectivity index (χ4n) is 2.43. The number of ketones is 1. The molecule has 0 aliphatic heterocycles. The van der Waals surface area contributed by atoms with E-state index in [2.05, 4.69) is 4.72 Å². The molecule has 0 spiro atoms. The summed E-state index contributed by atoms with van der Waals surface area (Å²) in [5.74, 6) is -0.0770. The lowest BCUT2D eigenvalue weighted by Gasteiger charge is -2.09. The molecule has 3 aromatic rings. The predicted molar refractivity (Wildman–Crippen MR) is 110 cm³/mol. The number of phenols is 1. The SMILES string of the molecule is O=C(/C=C/c1ccc(O)cc1)c1ccc(NS(=O)(=O)c2ccccc2Cl)cc1. The molecule has 0 fully saturated rings. The Labute approximate surface area is 168 Å². The highest BCUT2D eigenvalue weighted by Crippen LogP contribution is 2.23. The molecule has 0 radical (unpaired) electrons. The maximum Gasteiger partial charge on any atom is 0.263 e. The van der Waals surface area contributed by atoms with Gasteiger partial charge in [-0.05, 0) is 60.2 Å². The summed E-state index contributed by atoms with van der Waals surface area (Å²) in [6.07, 6.45) is 3.05. The fourth-order valence-corrected chi connectivity index (χ4v) is 4.01. The van der Waals surface area contributed by atoms with Gasteiger partial charge in [0.25, 0.3) is 10.0 Å². The van der Waals surface area contributed by atoms with E-state index in [1.807, 2.05) is 0 Å². The topological polar surface area (TPSA) is 83.5 Å². The number of hydrogen-bond acceptors (Lipinski definition) is 4. The Morgan fingerprint density at radius 2 is 1.57 bits per heavy atom. The zero-order valence-electron chi connectivity index (χ0n) is 14.5. The van der Waals surface area contributed by atoms with Crippen LogP contribution in [0.3, 0.4) is 0 Å². The minimum absolute atomic E-state index is 0.0198. The summed E-state index contributed by atoms with van der Waals surface area (Å²) in [6.45, 7) is 0. The molecule has 0 bridgehead atoms. The first-order chi connectivity index (χ1) is 13.3. The Bertz CT molecular complexity index is 1120. The van der Waals surface area contributed by atoms with Gasteiger partial charge in [0.05, 0.1) is 5.02 Å². The lowest BCUT2D eigenvalue weighted by molar-refractivity contribution is 0.104. The van der Waals surface area contributed by atoms with Crippen molar-refractivity contribution < 1.29 is 18.3 Å². The number of nitrogens with one attached hydrogen (secondary N) is 1. The summed E-state index contributed by atoms with van der Waals surface area (Å²) in [5, 5.41) is 9.39. The molecule has 0 aromatic heterocycles. The molecule has 142 valence electrons. The molecule has 0 saturated heterocycles. The second kappa shape index (κ2) is 8.29. The van der Waals surface area contributed by atoms with Crippen LogP contribution in [0.25, 0.3) is 6.08 Å². The van der Waals surface area contributed by atoms with Crippen LogP contribution in [0.4, 0.5) is 5.69 Å². The number of anilines is 1. The molecule has 0 aliphatic rings. The third kappa shape index (κ3) is 4.79. The van der Waals surface area contributed by atoms with Crippen molar-refractivity contribution >= 4 is 39.2 Å². The van der Waals surface area contributed by atoms with Crippen LogP contribution in [0.5, 0.6) is 5.75 Å². The van der Waals surface area contributed by atoms with Crippen LogP contribution in [0.1, 0.15) is 15.9 Å². The Hall–Kier alpha value is -3.09. The predicted octanol–water partition coefficient (Wildman–Crippen LogP) is 4.74. The summed E-state index contributed by atoms with van der Waals surface area (Å²) in [5.41, 5.74) is 1.50. The van der Waals surface area contributed by atoms with E-state index in [0.29, 0.717) is 11.3 Å². The van der Waals surface area contributed by atoms with Crippen molar-refractivity contribution in [1.29, 1.82) is 0 Å². The monoisotopic (exact) mass is 413 g/mol. The van der Waals surface area contributed by atoms with Crippen LogP contribution in [0.2, 0.25) is 5.02 Å². The van der Waals surface area contributed by atoms with Crippen molar-refractivity contribution in [2.24, 2.45) is 0 Å². The molecule has 3 aromatic carbocycles. The van der Waals surface area contributed by atoms with E-state index in [-0.39, 0.29) is 21.5 Å². The maximum atomic E-state index is 12.4. The Morgan fingerprint density at radius 3 is 2.21 bits per heavy atom. The fraction of sp³-hybridized carbons (Fsp3) is 0. The van der Waals surface area contributed by atoms with Gasteiger partial charge >= 0.3 is 0 Å². The van der Waals surface area contributed by atoms with Crippen LogP contribution in [0, 0.1) is 0 Å². The van der Waals surface area contributed by atoms with E-state index < -0.39 is 10.0 Å². The quantitative estimate of drug-likeness (QED) is 0.451. The molecule has 0 aliphatic carbocycles. The zero-order valence-corrected chi connectivity index (χ0v) is 16.1. The maximum absolute atomic E-state index is 12.4. The number of allylic oxidation sites excluding steroid dienone is 1. The number of halogens is 1. The van der Waals surface area contributed by atoms with E-state index in [0.717, 1.165) is 5.56 Å². The summed E-state index contributed by atoms with van der Waals surface area (Å²) in [7, 11) is -3.83. The standard InChI is InChI=1S/C21H16ClNO4S/c22-19-3-1-2-4-21(19)28(26,27)23-17-10-8-16(9-11-17)20(25)14-7-15-5-12-18(24)13-6-15/h1-14,23-24H/b14-7+. The highest BCUT2D eigenvalue weighted by atomic mass is 35.5. The first-order valence-electron chi connectivity index (χ1n) is 8.24.